The summed E-state index contributed by atoms with van der Waals surface area (Å²) in [6.45, 7) is 4.62. The number of fused-ring (bicyclic) bond motifs is 4. The molecule has 56 heavy (non-hydrogen) atoms. The fourth-order valence-corrected chi connectivity index (χ4v) is 7.45. The van der Waals surface area contributed by atoms with E-state index >= 15 is 0 Å². The monoisotopic (exact) mass is 852 g/mol. The van der Waals surface area contributed by atoms with Gasteiger partial charge in [-0.25, -0.2) is 0 Å². The summed E-state index contributed by atoms with van der Waals surface area (Å²) in [5.74, 6) is 0. The van der Waals surface area contributed by atoms with Crippen LogP contribution in [0.3, 0.4) is 0 Å². The van der Waals surface area contributed by atoms with E-state index in [4.69, 9.17) is 0 Å². The van der Waals surface area contributed by atoms with Crippen molar-refractivity contribution in [3.63, 3.8) is 0 Å². The Morgan fingerprint density at radius 1 is 0.357 bits per heavy atom. The minimum absolute atomic E-state index is 0. The van der Waals surface area contributed by atoms with Crippen LogP contribution in [-0.4, -0.2) is 5.43 Å². The average molecular weight is 855 g/mol. The molecule has 10 aromatic rings. The summed E-state index contributed by atoms with van der Waals surface area (Å²) in [5, 5.41) is 10.4. The minimum Gasteiger partial charge on any atom is -1.00 e. The molecule has 0 atom stereocenters. The van der Waals surface area contributed by atoms with Gasteiger partial charge in [-0.3, -0.25) is 0 Å². The molecule has 0 saturated carbocycles. The summed E-state index contributed by atoms with van der Waals surface area (Å²) in [7, 11) is 0. The van der Waals surface area contributed by atoms with Gasteiger partial charge in [0.15, 0.2) is 0 Å². The third-order valence-electron chi connectivity index (χ3n) is 9.88. The topological polar surface area (TPSA) is 0 Å². The first kappa shape index (κ1) is 40.8. The van der Waals surface area contributed by atoms with Gasteiger partial charge in [0.1, 0.15) is 0 Å². The van der Waals surface area contributed by atoms with Crippen LogP contribution in [0.1, 0.15) is 0 Å². The normalized spacial score (nSPS) is 10.5. The van der Waals surface area contributed by atoms with Crippen molar-refractivity contribution in [1.82, 2.24) is 0 Å². The number of halogens is 2. The van der Waals surface area contributed by atoms with E-state index in [1.807, 2.05) is 0 Å². The molecule has 0 aliphatic heterocycles. The maximum atomic E-state index is 2.32. The molecule has 0 aliphatic carbocycles. The van der Waals surface area contributed by atoms with Crippen LogP contribution >= 0.6 is 0 Å². The van der Waals surface area contributed by atoms with Gasteiger partial charge in [-0.15, -0.1) is 69.1 Å². The Hall–Kier alpha value is -4.82. The Balaban J connectivity index is 0.000000168. The van der Waals surface area contributed by atoms with Crippen molar-refractivity contribution in [2.24, 2.45) is 0 Å². The molecule has 0 unspecified atom stereocenters. The SMILES string of the molecule is C[Si](C)=[Zr+2].[Cl-].[Cl-].c1ccc(-c2cc3c(-c4cccc5ccccc45)cccc3[cH-]2)cc1.c1ccc(-c2cc3c(-c4cccc5ccccc45)cccc3[cH-]2)cc1. The van der Waals surface area contributed by atoms with E-state index in [1.54, 1.807) is 23.3 Å². The second kappa shape index (κ2) is 18.9. The van der Waals surface area contributed by atoms with Crippen molar-refractivity contribution < 1.29 is 48.1 Å². The molecule has 0 saturated heterocycles. The molecule has 0 heterocycles. The second-order valence-corrected chi connectivity index (χ2v) is 23.3. The zero-order valence-electron chi connectivity index (χ0n) is 31.4. The van der Waals surface area contributed by atoms with Crippen LogP contribution in [0.25, 0.3) is 87.6 Å². The largest absolute Gasteiger partial charge is 1.00 e. The standard InChI is InChI=1S/2C25H17.C2H6Si.2ClH.Zr/c2*1-2-8-18(9-3-1)21-16-20-12-7-15-24(25(20)17-21)23-14-6-11-19-10-4-5-13-22(19)23;1-3-2;;;/h2*1-17H;1-2H3;2*1H;/q2*-1;;;;+2/p-2. The van der Waals surface area contributed by atoms with Gasteiger partial charge in [-0.2, -0.15) is 0 Å². The number of rotatable bonds is 4. The molecule has 0 N–H and O–H groups in total. The molecule has 0 radical (unpaired) electrons. The first-order valence-corrected chi connectivity index (χ1v) is 24.7. The van der Waals surface area contributed by atoms with Crippen LogP contribution < -0.4 is 24.8 Å². The molecule has 272 valence electrons. The van der Waals surface area contributed by atoms with Gasteiger partial charge in [0.25, 0.3) is 0 Å². The second-order valence-electron chi connectivity index (χ2n) is 13.9. The first-order valence-electron chi connectivity index (χ1n) is 18.5. The Labute approximate surface area is 357 Å². The van der Waals surface area contributed by atoms with Crippen LogP contribution in [0.5, 0.6) is 0 Å². The van der Waals surface area contributed by atoms with Gasteiger partial charge in [-0.1, -0.05) is 192 Å². The summed E-state index contributed by atoms with van der Waals surface area (Å²) in [6, 6.07) is 74.0. The average Bonchev–Trinajstić information content (AvgIpc) is 3.87. The summed E-state index contributed by atoms with van der Waals surface area (Å²) < 4.78 is 0. The molecule has 0 fully saturated rings. The van der Waals surface area contributed by atoms with E-state index in [9.17, 15) is 0 Å². The molecule has 10 rings (SSSR count). The van der Waals surface area contributed by atoms with Crippen LogP contribution in [0.15, 0.2) is 206 Å². The molecule has 0 bridgehead atoms. The Morgan fingerprint density at radius 3 is 1.05 bits per heavy atom. The van der Waals surface area contributed by atoms with Gasteiger partial charge in [0, 0.05) is 0 Å². The Kier molecular flexibility index (Phi) is 13.8. The van der Waals surface area contributed by atoms with Gasteiger partial charge in [0.2, 0.25) is 0 Å². The molecular formula is C52H40Cl2SiZr-2. The molecular weight excluding hydrogens is 815 g/mol. The smallest absolute Gasteiger partial charge is 0.0112 e. The molecule has 0 aliphatic rings. The van der Waals surface area contributed by atoms with Crippen LogP contribution in [0, 0.1) is 0 Å². The van der Waals surface area contributed by atoms with Crippen molar-refractivity contribution in [1.29, 1.82) is 0 Å². The Morgan fingerprint density at radius 2 is 0.661 bits per heavy atom. The summed E-state index contributed by atoms with van der Waals surface area (Å²) in [4.78, 5) is 0. The van der Waals surface area contributed by atoms with Gasteiger partial charge >= 0.3 is 41.9 Å². The maximum Gasteiger partial charge on any atom is -0.0112 e. The van der Waals surface area contributed by atoms with E-state index in [0.717, 1.165) is 0 Å². The first-order chi connectivity index (χ1) is 26.5. The molecule has 4 heteroatoms. The van der Waals surface area contributed by atoms with Crippen molar-refractivity contribution in [2.75, 3.05) is 0 Å². The molecule has 0 amide bonds. The fourth-order valence-electron chi connectivity index (χ4n) is 7.45. The van der Waals surface area contributed by atoms with Gasteiger partial charge in [0.05, 0.1) is 0 Å². The van der Waals surface area contributed by atoms with Gasteiger partial charge < -0.3 is 24.8 Å². The van der Waals surface area contributed by atoms with Crippen LogP contribution in [0.2, 0.25) is 13.1 Å². The van der Waals surface area contributed by atoms with Crippen LogP contribution in [0.4, 0.5) is 0 Å². The van der Waals surface area contributed by atoms with E-state index in [-0.39, 0.29) is 30.2 Å². The molecule has 0 spiro atoms. The van der Waals surface area contributed by atoms with Crippen LogP contribution in [-0.2, 0) is 23.3 Å². The predicted molar refractivity (Wildman–Crippen MR) is 233 cm³/mol. The van der Waals surface area contributed by atoms with Crippen molar-refractivity contribution >= 4 is 48.5 Å². The predicted octanol–water partition coefficient (Wildman–Crippen LogP) is 8.88. The number of benzene rings is 8. The summed E-state index contributed by atoms with van der Waals surface area (Å²) in [6.07, 6.45) is 0. The van der Waals surface area contributed by atoms with E-state index in [2.05, 4.69) is 219 Å². The number of hydrogen-bond acceptors (Lipinski definition) is 0. The van der Waals surface area contributed by atoms with E-state index < -0.39 is 0 Å². The van der Waals surface area contributed by atoms with Crippen molar-refractivity contribution in [3.8, 4) is 44.5 Å². The maximum absolute atomic E-state index is 2.32. The fraction of sp³-hybridized carbons (Fsp3) is 0.0385. The number of hydrogen-bond donors (Lipinski definition) is 0. The van der Waals surface area contributed by atoms with E-state index in [1.165, 1.54) is 87.6 Å². The van der Waals surface area contributed by atoms with E-state index in [0.29, 0.717) is 0 Å². The molecule has 0 aromatic heterocycles. The van der Waals surface area contributed by atoms with Crippen molar-refractivity contribution in [3.05, 3.63) is 206 Å². The zero-order chi connectivity index (χ0) is 36.9. The summed E-state index contributed by atoms with van der Waals surface area (Å²) in [5.41, 5.74) is 10.5. The zero-order valence-corrected chi connectivity index (χ0v) is 36.4. The third-order valence-corrected chi connectivity index (χ3v) is 9.88. The molecule has 0 nitrogen and oxygen atoms in total. The molecule has 10 aromatic carbocycles. The quantitative estimate of drug-likeness (QED) is 0.123. The Bertz CT molecular complexity index is 2660. The summed E-state index contributed by atoms with van der Waals surface area (Å²) >= 11 is 1.74. The third kappa shape index (κ3) is 8.91. The van der Waals surface area contributed by atoms with Crippen molar-refractivity contribution in [2.45, 2.75) is 13.1 Å². The minimum atomic E-state index is 0. The van der Waals surface area contributed by atoms with Gasteiger partial charge in [-0.05, 0) is 32.7 Å².